The Hall–Kier alpha value is -1.40. The fourth-order valence-electron chi connectivity index (χ4n) is 3.34. The Balaban J connectivity index is 1.78. The molecule has 0 spiro atoms. The Morgan fingerprint density at radius 3 is 2.38 bits per heavy atom. The summed E-state index contributed by atoms with van der Waals surface area (Å²) in [6, 6.07) is 2.50. The van der Waals surface area contributed by atoms with E-state index in [-0.39, 0.29) is 29.9 Å². The van der Waals surface area contributed by atoms with Crippen LogP contribution in [-0.4, -0.2) is 59.4 Å². The van der Waals surface area contributed by atoms with Crippen LogP contribution in [0.1, 0.15) is 50.9 Å². The second kappa shape index (κ2) is 8.62. The highest BCUT2D eigenvalue weighted by Crippen LogP contribution is 2.14. The lowest BCUT2D eigenvalue weighted by Crippen LogP contribution is -2.50. The summed E-state index contributed by atoms with van der Waals surface area (Å²) in [5.41, 5.74) is 0.738. The van der Waals surface area contributed by atoms with Crippen molar-refractivity contribution in [2.75, 3.05) is 19.6 Å². The van der Waals surface area contributed by atoms with Gasteiger partial charge in [-0.25, -0.2) is 0 Å². The van der Waals surface area contributed by atoms with Crippen LogP contribution in [0.5, 0.6) is 0 Å². The fraction of sp³-hybridized carbons (Fsp3) is 0.667. The normalized spacial score (nSPS) is 16.6. The van der Waals surface area contributed by atoms with Crippen molar-refractivity contribution >= 4 is 23.2 Å². The maximum atomic E-state index is 12.5. The number of rotatable bonds is 6. The molecule has 2 rings (SSSR count). The molecule has 0 atom stereocenters. The van der Waals surface area contributed by atoms with E-state index in [4.69, 9.17) is 0 Å². The van der Waals surface area contributed by atoms with Gasteiger partial charge in [0.2, 0.25) is 5.91 Å². The van der Waals surface area contributed by atoms with Crippen LogP contribution in [0.2, 0.25) is 0 Å². The van der Waals surface area contributed by atoms with Crippen molar-refractivity contribution in [1.29, 1.82) is 0 Å². The summed E-state index contributed by atoms with van der Waals surface area (Å²) < 4.78 is 0. The van der Waals surface area contributed by atoms with Crippen molar-refractivity contribution in [2.24, 2.45) is 0 Å². The lowest BCUT2D eigenvalue weighted by molar-refractivity contribution is -0.136. The van der Waals surface area contributed by atoms with Crippen LogP contribution in [-0.2, 0) is 4.79 Å². The zero-order valence-corrected chi connectivity index (χ0v) is 15.9. The number of carbonyl (C=O) groups excluding carboxylic acids is 2. The van der Waals surface area contributed by atoms with E-state index in [0.29, 0.717) is 6.54 Å². The number of likely N-dealkylation sites (tertiary alicyclic amines) is 1. The van der Waals surface area contributed by atoms with Gasteiger partial charge in [-0.05, 0) is 52.0 Å². The van der Waals surface area contributed by atoms with Crippen LogP contribution in [0.4, 0.5) is 0 Å². The molecule has 1 aromatic heterocycles. The van der Waals surface area contributed by atoms with Gasteiger partial charge in [0, 0.05) is 42.2 Å². The molecule has 5 nitrogen and oxygen atoms in total. The van der Waals surface area contributed by atoms with E-state index in [1.165, 1.54) is 11.3 Å². The van der Waals surface area contributed by atoms with Crippen LogP contribution in [0.25, 0.3) is 0 Å². The van der Waals surface area contributed by atoms with E-state index >= 15 is 0 Å². The quantitative estimate of drug-likeness (QED) is 0.857. The third-order valence-electron chi connectivity index (χ3n) is 4.47. The largest absolute Gasteiger partial charge is 0.349 e. The van der Waals surface area contributed by atoms with E-state index in [0.717, 1.165) is 31.5 Å². The van der Waals surface area contributed by atoms with Gasteiger partial charge in [0.05, 0.1) is 6.54 Å². The Morgan fingerprint density at radius 1 is 1.25 bits per heavy atom. The minimum absolute atomic E-state index is 0.0107. The zero-order valence-electron chi connectivity index (χ0n) is 15.1. The molecule has 0 unspecified atom stereocenters. The van der Waals surface area contributed by atoms with Gasteiger partial charge < -0.3 is 10.2 Å². The summed E-state index contributed by atoms with van der Waals surface area (Å²) in [4.78, 5) is 28.8. The van der Waals surface area contributed by atoms with Crippen LogP contribution >= 0.6 is 11.3 Å². The molecule has 2 heterocycles. The van der Waals surface area contributed by atoms with Gasteiger partial charge in [0.25, 0.3) is 5.91 Å². The molecule has 24 heavy (non-hydrogen) atoms. The van der Waals surface area contributed by atoms with E-state index in [9.17, 15) is 9.59 Å². The predicted octanol–water partition coefficient (Wildman–Crippen LogP) is 2.59. The average molecular weight is 352 g/mol. The van der Waals surface area contributed by atoms with Crippen molar-refractivity contribution in [3.05, 3.63) is 22.4 Å². The zero-order chi connectivity index (χ0) is 17.7. The molecular weight excluding hydrogens is 322 g/mol. The lowest BCUT2D eigenvalue weighted by atomic mass is 10.0. The lowest BCUT2D eigenvalue weighted by Gasteiger charge is -2.36. The van der Waals surface area contributed by atoms with Gasteiger partial charge in [-0.15, -0.1) is 0 Å². The molecule has 0 aromatic carbocycles. The molecule has 2 amide bonds. The Labute approximate surface area is 149 Å². The maximum absolute atomic E-state index is 12.5. The van der Waals surface area contributed by atoms with Crippen molar-refractivity contribution in [3.8, 4) is 0 Å². The number of piperidine rings is 1. The standard InChI is InChI=1S/C18H29N3O2S/c1-13(2)21(14(3)4)17(22)11-20-8-5-16(6-9-20)19-18(23)15-7-10-24-12-15/h7,10,12-14,16H,5-6,8-9,11H2,1-4H3,(H,19,23). The van der Waals surface area contributed by atoms with Crippen LogP contribution in [0, 0.1) is 0 Å². The Morgan fingerprint density at radius 2 is 1.88 bits per heavy atom. The van der Waals surface area contributed by atoms with Gasteiger partial charge in [0.1, 0.15) is 0 Å². The smallest absolute Gasteiger partial charge is 0.252 e. The molecule has 1 N–H and O–H groups in total. The second-order valence-electron chi connectivity index (χ2n) is 7.02. The van der Waals surface area contributed by atoms with E-state index < -0.39 is 0 Å². The van der Waals surface area contributed by atoms with Crippen molar-refractivity contribution < 1.29 is 9.59 Å². The van der Waals surface area contributed by atoms with Crippen LogP contribution < -0.4 is 5.32 Å². The summed E-state index contributed by atoms with van der Waals surface area (Å²) in [5, 5.41) is 6.89. The molecule has 0 bridgehead atoms. The highest BCUT2D eigenvalue weighted by molar-refractivity contribution is 7.08. The van der Waals surface area contributed by atoms with Gasteiger partial charge in [0.15, 0.2) is 0 Å². The van der Waals surface area contributed by atoms with Gasteiger partial charge in [-0.3, -0.25) is 14.5 Å². The van der Waals surface area contributed by atoms with Gasteiger partial charge in [-0.1, -0.05) is 0 Å². The first-order valence-electron chi connectivity index (χ1n) is 8.75. The molecule has 0 aliphatic carbocycles. The molecule has 134 valence electrons. The number of carbonyl (C=O) groups is 2. The molecule has 1 aliphatic rings. The summed E-state index contributed by atoms with van der Waals surface area (Å²) in [6.07, 6.45) is 1.79. The molecule has 0 saturated carbocycles. The number of nitrogens with one attached hydrogen (secondary N) is 1. The van der Waals surface area contributed by atoms with Crippen LogP contribution in [0.3, 0.4) is 0 Å². The second-order valence-corrected chi connectivity index (χ2v) is 7.80. The molecule has 1 fully saturated rings. The van der Waals surface area contributed by atoms with Crippen LogP contribution in [0.15, 0.2) is 16.8 Å². The molecule has 1 saturated heterocycles. The third kappa shape index (κ3) is 5.05. The monoisotopic (exact) mass is 351 g/mol. The van der Waals surface area contributed by atoms with Gasteiger partial charge >= 0.3 is 0 Å². The number of thiophene rings is 1. The molecule has 1 aromatic rings. The topological polar surface area (TPSA) is 52.7 Å². The summed E-state index contributed by atoms with van der Waals surface area (Å²) in [7, 11) is 0. The highest BCUT2D eigenvalue weighted by atomic mass is 32.1. The number of hydrogen-bond donors (Lipinski definition) is 1. The Kier molecular flexibility index (Phi) is 6.80. The molecule has 6 heteroatoms. The minimum atomic E-state index is 0.0107. The summed E-state index contributed by atoms with van der Waals surface area (Å²) in [6.45, 7) is 10.4. The van der Waals surface area contributed by atoms with E-state index in [1.807, 2.05) is 21.7 Å². The van der Waals surface area contributed by atoms with Crippen molar-refractivity contribution in [2.45, 2.75) is 58.7 Å². The maximum Gasteiger partial charge on any atom is 0.252 e. The predicted molar refractivity (Wildman–Crippen MR) is 98.4 cm³/mol. The third-order valence-corrected chi connectivity index (χ3v) is 5.15. The summed E-state index contributed by atoms with van der Waals surface area (Å²) >= 11 is 1.53. The fourth-order valence-corrected chi connectivity index (χ4v) is 3.98. The molecular formula is C18H29N3O2S. The molecule has 0 radical (unpaired) electrons. The molecule has 1 aliphatic heterocycles. The first-order valence-corrected chi connectivity index (χ1v) is 9.69. The van der Waals surface area contributed by atoms with Crippen molar-refractivity contribution in [3.63, 3.8) is 0 Å². The van der Waals surface area contributed by atoms with Gasteiger partial charge in [-0.2, -0.15) is 11.3 Å². The highest BCUT2D eigenvalue weighted by Gasteiger charge is 2.26. The van der Waals surface area contributed by atoms with E-state index in [2.05, 4.69) is 37.9 Å². The number of nitrogens with zero attached hydrogens (tertiary/aromatic N) is 2. The minimum Gasteiger partial charge on any atom is -0.349 e. The first-order chi connectivity index (χ1) is 11.4. The number of amides is 2. The summed E-state index contributed by atoms with van der Waals surface area (Å²) in [5.74, 6) is 0.206. The first kappa shape index (κ1) is 18.9. The Bertz CT molecular complexity index is 526. The SMILES string of the molecule is CC(C)N(C(=O)CN1CCC(NC(=O)c2ccsc2)CC1)C(C)C. The van der Waals surface area contributed by atoms with E-state index in [1.54, 1.807) is 0 Å². The number of hydrogen-bond acceptors (Lipinski definition) is 4. The average Bonchev–Trinajstić information content (AvgIpc) is 3.02. The van der Waals surface area contributed by atoms with Crippen molar-refractivity contribution in [1.82, 2.24) is 15.1 Å².